The maximum Gasteiger partial charge on any atom is 0.373 e. The third kappa shape index (κ3) is 2.71. The predicted octanol–water partition coefficient (Wildman–Crippen LogP) is 3.96. The Hall–Kier alpha value is -1.62. The van der Waals surface area contributed by atoms with E-state index in [0.29, 0.717) is 11.6 Å². The molecule has 0 aliphatic heterocycles. The quantitative estimate of drug-likeness (QED) is 0.923. The summed E-state index contributed by atoms with van der Waals surface area (Å²) in [4.78, 5) is 17.7. The highest BCUT2D eigenvalue weighted by molar-refractivity contribution is 7.15. The highest BCUT2D eigenvalue weighted by atomic mass is 32.1. The fraction of sp³-hybridized carbons (Fsp3) is 0.429. The predicted molar refractivity (Wildman–Crippen MR) is 74.9 cm³/mol. The molecular weight excluding hydrogens is 262 g/mol. The molecular formula is C14H17NO3S. The van der Waals surface area contributed by atoms with Crippen molar-refractivity contribution >= 4 is 17.3 Å². The summed E-state index contributed by atoms with van der Waals surface area (Å²) >= 11 is 1.58. The zero-order valence-electron chi connectivity index (χ0n) is 11.5. The molecule has 4 nitrogen and oxygen atoms in total. The van der Waals surface area contributed by atoms with Gasteiger partial charge in [0.05, 0.1) is 4.88 Å². The smallest absolute Gasteiger partial charge is 0.373 e. The Morgan fingerprint density at radius 2 is 2.11 bits per heavy atom. The maximum atomic E-state index is 11.2. The minimum absolute atomic E-state index is 0.0612. The second-order valence-electron chi connectivity index (χ2n) is 5.37. The normalized spacial score (nSPS) is 11.8. The lowest BCUT2D eigenvalue weighted by Gasteiger charge is -2.14. The fourth-order valence-corrected chi connectivity index (χ4v) is 2.64. The second kappa shape index (κ2) is 4.81. The summed E-state index contributed by atoms with van der Waals surface area (Å²) in [5, 5.41) is 9.21. The first-order chi connectivity index (χ1) is 8.82. The first-order valence-electron chi connectivity index (χ1n) is 6.16. The Bertz CT molecular complexity index is 604. The molecule has 0 atom stereocenters. The van der Waals surface area contributed by atoms with Gasteiger partial charge in [0, 0.05) is 10.3 Å². The van der Waals surface area contributed by atoms with Crippen LogP contribution in [0.5, 0.6) is 0 Å². The van der Waals surface area contributed by atoms with Crippen LogP contribution in [-0.2, 0) is 11.8 Å². The van der Waals surface area contributed by atoms with E-state index in [0.717, 1.165) is 11.3 Å². The molecule has 2 rings (SSSR count). The van der Waals surface area contributed by atoms with Gasteiger partial charge in [-0.1, -0.05) is 27.7 Å². The van der Waals surface area contributed by atoms with Gasteiger partial charge in [-0.25, -0.2) is 9.78 Å². The average molecular weight is 279 g/mol. The Morgan fingerprint density at radius 3 is 2.53 bits per heavy atom. The monoisotopic (exact) mass is 279 g/mol. The van der Waals surface area contributed by atoms with Gasteiger partial charge in [0.25, 0.3) is 0 Å². The van der Waals surface area contributed by atoms with Crippen LogP contribution in [0.3, 0.4) is 0 Å². The molecule has 2 aromatic heterocycles. The number of aryl methyl sites for hydroxylation is 1. The molecule has 0 amide bonds. The summed E-state index contributed by atoms with van der Waals surface area (Å²) in [5.74, 6) is -0.739. The van der Waals surface area contributed by atoms with Crippen LogP contribution in [-0.4, -0.2) is 16.1 Å². The molecule has 0 saturated heterocycles. The van der Waals surface area contributed by atoms with Crippen molar-refractivity contribution in [1.82, 2.24) is 4.98 Å². The van der Waals surface area contributed by atoms with Crippen LogP contribution in [0.4, 0.5) is 0 Å². The molecule has 102 valence electrons. The van der Waals surface area contributed by atoms with E-state index in [1.54, 1.807) is 11.3 Å². The van der Waals surface area contributed by atoms with Gasteiger partial charge in [0.2, 0.25) is 11.7 Å². The van der Waals surface area contributed by atoms with Crippen molar-refractivity contribution in [3.05, 3.63) is 28.5 Å². The molecule has 2 heterocycles. The number of oxazole rings is 1. The molecule has 5 heteroatoms. The highest BCUT2D eigenvalue weighted by Crippen LogP contribution is 2.33. The van der Waals surface area contributed by atoms with Crippen LogP contribution in [0.1, 0.15) is 48.8 Å². The molecule has 0 aliphatic carbocycles. The molecule has 0 aromatic carbocycles. The number of rotatable bonds is 3. The van der Waals surface area contributed by atoms with Crippen LogP contribution in [0.2, 0.25) is 0 Å². The zero-order chi connectivity index (χ0) is 14.2. The Balaban J connectivity index is 2.51. The van der Waals surface area contributed by atoms with E-state index >= 15 is 0 Å². The Kier molecular flexibility index (Phi) is 3.49. The van der Waals surface area contributed by atoms with Gasteiger partial charge in [-0.05, 0) is 18.6 Å². The average Bonchev–Trinajstić information content (AvgIpc) is 2.94. The van der Waals surface area contributed by atoms with Gasteiger partial charge in [-0.2, -0.15) is 0 Å². The number of carbonyl (C=O) groups is 1. The first kappa shape index (κ1) is 13.8. The van der Waals surface area contributed by atoms with Gasteiger partial charge < -0.3 is 9.52 Å². The molecule has 0 spiro atoms. The maximum absolute atomic E-state index is 11.2. The number of nitrogens with zero attached hydrogens (tertiary/aromatic N) is 1. The van der Waals surface area contributed by atoms with Gasteiger partial charge >= 0.3 is 5.97 Å². The standard InChI is InChI=1S/C14H17NO3S/c1-5-8-6-7-9(19-8)12-15-11(14(2,3)4)10(18-12)13(16)17/h6-7H,5H2,1-4H3,(H,16,17). The lowest BCUT2D eigenvalue weighted by atomic mass is 9.91. The summed E-state index contributed by atoms with van der Waals surface area (Å²) in [5.41, 5.74) is 0.127. The highest BCUT2D eigenvalue weighted by Gasteiger charge is 2.29. The number of hydrogen-bond donors (Lipinski definition) is 1. The molecule has 0 radical (unpaired) electrons. The molecule has 0 aliphatic rings. The molecule has 2 aromatic rings. The number of thiophene rings is 1. The summed E-state index contributed by atoms with van der Waals surface area (Å²) in [6.07, 6.45) is 0.948. The SMILES string of the molecule is CCc1ccc(-c2nc(C(C)(C)C)c(C(=O)O)o2)s1. The minimum atomic E-state index is -1.07. The van der Waals surface area contributed by atoms with E-state index in [4.69, 9.17) is 4.42 Å². The summed E-state index contributed by atoms with van der Waals surface area (Å²) in [7, 11) is 0. The first-order valence-corrected chi connectivity index (χ1v) is 6.98. The van der Waals surface area contributed by atoms with Crippen LogP contribution in [0.15, 0.2) is 16.5 Å². The van der Waals surface area contributed by atoms with Crippen LogP contribution < -0.4 is 0 Å². The van der Waals surface area contributed by atoms with E-state index in [2.05, 4.69) is 11.9 Å². The number of carboxylic acid groups (broad SMARTS) is 1. The Morgan fingerprint density at radius 1 is 1.42 bits per heavy atom. The van der Waals surface area contributed by atoms with Crippen molar-refractivity contribution in [2.75, 3.05) is 0 Å². The van der Waals surface area contributed by atoms with Crippen molar-refractivity contribution in [3.8, 4) is 10.8 Å². The molecule has 19 heavy (non-hydrogen) atoms. The van der Waals surface area contributed by atoms with Crippen molar-refractivity contribution in [2.24, 2.45) is 0 Å². The third-order valence-corrected chi connectivity index (χ3v) is 3.97. The van der Waals surface area contributed by atoms with Crippen molar-refractivity contribution in [3.63, 3.8) is 0 Å². The molecule has 1 N–H and O–H groups in total. The topological polar surface area (TPSA) is 63.3 Å². The van der Waals surface area contributed by atoms with Gasteiger partial charge in [-0.15, -0.1) is 11.3 Å². The lowest BCUT2D eigenvalue weighted by Crippen LogP contribution is -2.16. The third-order valence-electron chi connectivity index (χ3n) is 2.75. The van der Waals surface area contributed by atoms with E-state index < -0.39 is 5.97 Å². The molecule has 0 unspecified atom stereocenters. The Labute approximate surface area is 116 Å². The van der Waals surface area contributed by atoms with Gasteiger partial charge in [-0.3, -0.25) is 0 Å². The van der Waals surface area contributed by atoms with Crippen LogP contribution in [0.25, 0.3) is 10.8 Å². The summed E-state index contributed by atoms with van der Waals surface area (Å²) in [6.45, 7) is 7.85. The van der Waals surface area contributed by atoms with E-state index in [9.17, 15) is 9.90 Å². The van der Waals surface area contributed by atoms with E-state index in [1.165, 1.54) is 4.88 Å². The van der Waals surface area contributed by atoms with Crippen molar-refractivity contribution < 1.29 is 14.3 Å². The van der Waals surface area contributed by atoms with Gasteiger partial charge in [0.15, 0.2) is 0 Å². The molecule has 0 bridgehead atoms. The zero-order valence-corrected chi connectivity index (χ0v) is 12.3. The van der Waals surface area contributed by atoms with Crippen molar-refractivity contribution in [2.45, 2.75) is 39.5 Å². The number of carboxylic acids is 1. The number of aromatic carboxylic acids is 1. The van der Waals surface area contributed by atoms with Crippen LogP contribution >= 0.6 is 11.3 Å². The van der Waals surface area contributed by atoms with E-state index in [1.807, 2.05) is 32.9 Å². The van der Waals surface area contributed by atoms with E-state index in [-0.39, 0.29) is 11.2 Å². The fourth-order valence-electron chi connectivity index (χ4n) is 1.76. The largest absolute Gasteiger partial charge is 0.475 e. The van der Waals surface area contributed by atoms with Gasteiger partial charge in [0.1, 0.15) is 5.69 Å². The lowest BCUT2D eigenvalue weighted by molar-refractivity contribution is 0.0659. The van der Waals surface area contributed by atoms with Crippen LogP contribution in [0, 0.1) is 0 Å². The minimum Gasteiger partial charge on any atom is -0.475 e. The van der Waals surface area contributed by atoms with Crippen molar-refractivity contribution in [1.29, 1.82) is 0 Å². The molecule has 0 saturated carbocycles. The molecule has 0 fully saturated rings. The number of hydrogen-bond acceptors (Lipinski definition) is 4. The summed E-state index contributed by atoms with van der Waals surface area (Å²) in [6, 6.07) is 3.94. The second-order valence-corrected chi connectivity index (χ2v) is 6.54. The summed E-state index contributed by atoms with van der Waals surface area (Å²) < 4.78 is 5.45. The number of aromatic nitrogens is 1.